The second kappa shape index (κ2) is 5.18. The van der Waals surface area contributed by atoms with Crippen LogP contribution in [-0.2, 0) is 0 Å². The van der Waals surface area contributed by atoms with E-state index in [-0.39, 0.29) is 0 Å². The zero-order valence-corrected chi connectivity index (χ0v) is 11.2. The Morgan fingerprint density at radius 2 is 1.72 bits per heavy atom. The van der Waals surface area contributed by atoms with Gasteiger partial charge in [-0.15, -0.1) is 0 Å². The van der Waals surface area contributed by atoms with E-state index in [4.69, 9.17) is 5.41 Å². The van der Waals surface area contributed by atoms with Crippen LogP contribution in [-0.4, -0.2) is 5.71 Å². The number of rotatable bonds is 3. The van der Waals surface area contributed by atoms with E-state index in [0.29, 0.717) is 11.6 Å². The molecular weight excluding hydrogens is 218 g/mol. The molecule has 0 saturated heterocycles. The van der Waals surface area contributed by atoms with Gasteiger partial charge in [-0.3, -0.25) is 5.41 Å². The number of nitrogens with one attached hydrogen (secondary N) is 1. The first-order valence-electron chi connectivity index (χ1n) is 6.34. The summed E-state index contributed by atoms with van der Waals surface area (Å²) < 4.78 is 0. The van der Waals surface area contributed by atoms with Gasteiger partial charge in [-0.25, -0.2) is 0 Å². The lowest BCUT2D eigenvalue weighted by Crippen LogP contribution is -2.04. The Morgan fingerprint density at radius 1 is 1.00 bits per heavy atom. The van der Waals surface area contributed by atoms with E-state index >= 15 is 0 Å². The lowest BCUT2D eigenvalue weighted by Gasteiger charge is -2.11. The lowest BCUT2D eigenvalue weighted by molar-refractivity contribution is 0.866. The molecule has 0 heterocycles. The third-order valence-corrected chi connectivity index (χ3v) is 3.26. The van der Waals surface area contributed by atoms with Crippen LogP contribution in [0.1, 0.15) is 42.0 Å². The van der Waals surface area contributed by atoms with Gasteiger partial charge < -0.3 is 0 Å². The van der Waals surface area contributed by atoms with Gasteiger partial charge in [-0.1, -0.05) is 56.3 Å². The Morgan fingerprint density at radius 3 is 2.39 bits per heavy atom. The van der Waals surface area contributed by atoms with Crippen molar-refractivity contribution >= 4 is 5.71 Å². The van der Waals surface area contributed by atoms with Crippen LogP contribution < -0.4 is 0 Å². The minimum absolute atomic E-state index is 0.495. The molecule has 92 valence electrons. The Kier molecular flexibility index (Phi) is 3.61. The first-order valence-corrected chi connectivity index (χ1v) is 6.34. The summed E-state index contributed by atoms with van der Waals surface area (Å²) in [4.78, 5) is 0. The van der Waals surface area contributed by atoms with Crippen LogP contribution >= 0.6 is 0 Å². The highest BCUT2D eigenvalue weighted by molar-refractivity contribution is 6.11. The summed E-state index contributed by atoms with van der Waals surface area (Å²) in [5, 5.41) is 8.35. The summed E-state index contributed by atoms with van der Waals surface area (Å²) in [6.07, 6.45) is 0. The highest BCUT2D eigenvalue weighted by Gasteiger charge is 2.08. The van der Waals surface area contributed by atoms with Crippen LogP contribution in [0.5, 0.6) is 0 Å². The largest absolute Gasteiger partial charge is 0.300 e. The van der Waals surface area contributed by atoms with E-state index in [0.717, 1.165) is 16.7 Å². The van der Waals surface area contributed by atoms with Crippen molar-refractivity contribution in [2.75, 3.05) is 0 Å². The van der Waals surface area contributed by atoms with Crippen molar-refractivity contribution in [1.29, 1.82) is 5.41 Å². The molecule has 0 fully saturated rings. The van der Waals surface area contributed by atoms with Gasteiger partial charge in [-0.2, -0.15) is 0 Å². The van der Waals surface area contributed by atoms with Gasteiger partial charge in [-0.05, 0) is 30.0 Å². The van der Waals surface area contributed by atoms with Gasteiger partial charge in [0.25, 0.3) is 0 Å². The summed E-state index contributed by atoms with van der Waals surface area (Å²) in [6.45, 7) is 6.41. The Balaban J connectivity index is 2.41. The first kappa shape index (κ1) is 12.6. The average molecular weight is 237 g/mol. The fraction of sp³-hybridized carbons (Fsp3) is 0.235. The molecule has 0 unspecified atom stereocenters. The summed E-state index contributed by atoms with van der Waals surface area (Å²) in [5.74, 6) is 0.495. The minimum Gasteiger partial charge on any atom is -0.300 e. The van der Waals surface area contributed by atoms with E-state index in [1.165, 1.54) is 5.56 Å². The van der Waals surface area contributed by atoms with E-state index in [1.807, 2.05) is 30.3 Å². The molecule has 1 heteroatoms. The smallest absolute Gasteiger partial charge is 0.0687 e. The lowest BCUT2D eigenvalue weighted by atomic mass is 9.94. The first-order chi connectivity index (χ1) is 8.59. The molecule has 0 aliphatic heterocycles. The zero-order valence-electron chi connectivity index (χ0n) is 11.2. The van der Waals surface area contributed by atoms with E-state index < -0.39 is 0 Å². The maximum absolute atomic E-state index is 8.35. The summed E-state index contributed by atoms with van der Waals surface area (Å²) in [5.41, 5.74) is 5.05. The fourth-order valence-corrected chi connectivity index (χ4v) is 2.06. The summed E-state index contributed by atoms with van der Waals surface area (Å²) >= 11 is 0. The van der Waals surface area contributed by atoms with Crippen molar-refractivity contribution in [3.8, 4) is 0 Å². The number of hydrogen-bond acceptors (Lipinski definition) is 1. The maximum Gasteiger partial charge on any atom is 0.0687 e. The Labute approximate surface area is 109 Å². The molecule has 0 saturated carbocycles. The van der Waals surface area contributed by atoms with Crippen molar-refractivity contribution in [1.82, 2.24) is 0 Å². The van der Waals surface area contributed by atoms with Crippen molar-refractivity contribution in [2.24, 2.45) is 0 Å². The molecule has 0 bridgehead atoms. The molecule has 0 aliphatic rings. The highest BCUT2D eigenvalue weighted by atomic mass is 14.4. The molecule has 18 heavy (non-hydrogen) atoms. The predicted octanol–water partition coefficient (Wildman–Crippen LogP) is 4.53. The quantitative estimate of drug-likeness (QED) is 0.758. The monoisotopic (exact) mass is 237 g/mol. The predicted molar refractivity (Wildman–Crippen MR) is 77.6 cm³/mol. The number of aryl methyl sites for hydroxylation is 1. The molecule has 1 nitrogen and oxygen atoms in total. The maximum atomic E-state index is 8.35. The van der Waals surface area contributed by atoms with Gasteiger partial charge in [0.2, 0.25) is 0 Å². The van der Waals surface area contributed by atoms with Gasteiger partial charge in [0.15, 0.2) is 0 Å². The molecule has 0 radical (unpaired) electrons. The molecule has 1 N–H and O–H groups in total. The molecule has 2 aromatic rings. The highest BCUT2D eigenvalue weighted by Crippen LogP contribution is 2.19. The van der Waals surface area contributed by atoms with Crippen molar-refractivity contribution in [3.05, 3.63) is 70.8 Å². The summed E-state index contributed by atoms with van der Waals surface area (Å²) in [6, 6.07) is 16.4. The molecule has 0 aromatic heterocycles. The normalized spacial score (nSPS) is 10.7. The van der Waals surface area contributed by atoms with Crippen LogP contribution in [0, 0.1) is 12.3 Å². The Bertz CT molecular complexity index is 567. The van der Waals surface area contributed by atoms with E-state index in [9.17, 15) is 0 Å². The van der Waals surface area contributed by atoms with Crippen molar-refractivity contribution in [2.45, 2.75) is 26.7 Å². The molecule has 0 amide bonds. The van der Waals surface area contributed by atoms with E-state index in [1.54, 1.807) is 0 Å². The van der Waals surface area contributed by atoms with Crippen molar-refractivity contribution in [3.63, 3.8) is 0 Å². The van der Waals surface area contributed by atoms with Crippen molar-refractivity contribution < 1.29 is 0 Å². The van der Waals surface area contributed by atoms with Crippen LogP contribution in [0.15, 0.2) is 48.5 Å². The van der Waals surface area contributed by atoms with Gasteiger partial charge in [0.05, 0.1) is 5.71 Å². The molecule has 0 spiro atoms. The molecule has 2 rings (SSSR count). The second-order valence-corrected chi connectivity index (χ2v) is 4.97. The van der Waals surface area contributed by atoms with Gasteiger partial charge in [0, 0.05) is 11.1 Å². The van der Waals surface area contributed by atoms with Crippen LogP contribution in [0.25, 0.3) is 0 Å². The third-order valence-electron chi connectivity index (χ3n) is 3.26. The number of benzene rings is 2. The van der Waals surface area contributed by atoms with Crippen LogP contribution in [0.2, 0.25) is 0 Å². The zero-order chi connectivity index (χ0) is 13.1. The second-order valence-electron chi connectivity index (χ2n) is 4.97. The van der Waals surface area contributed by atoms with Gasteiger partial charge in [0.1, 0.15) is 0 Å². The molecule has 2 aromatic carbocycles. The van der Waals surface area contributed by atoms with Crippen LogP contribution in [0.3, 0.4) is 0 Å². The third kappa shape index (κ3) is 2.51. The molecule has 0 aliphatic carbocycles. The minimum atomic E-state index is 0.495. The SMILES string of the molecule is Cc1ccccc1C(=N)c1cccc(C(C)C)c1. The number of hydrogen-bond donors (Lipinski definition) is 1. The molecule has 0 atom stereocenters. The molecular formula is C17H19N. The van der Waals surface area contributed by atoms with Gasteiger partial charge >= 0.3 is 0 Å². The topological polar surface area (TPSA) is 23.9 Å². The van der Waals surface area contributed by atoms with Crippen LogP contribution in [0.4, 0.5) is 0 Å². The Hall–Kier alpha value is -1.89. The fourth-order valence-electron chi connectivity index (χ4n) is 2.06. The average Bonchev–Trinajstić information content (AvgIpc) is 2.38. The summed E-state index contributed by atoms with van der Waals surface area (Å²) in [7, 11) is 0. The standard InChI is InChI=1S/C17H19N/c1-12(2)14-8-6-9-15(11-14)17(18)16-10-5-4-7-13(16)3/h4-12,18H,1-3H3. The van der Waals surface area contributed by atoms with E-state index in [2.05, 4.69) is 39.0 Å².